The molecule has 3 N–H and O–H groups in total. The topological polar surface area (TPSA) is 107 Å². The second-order valence-electron chi connectivity index (χ2n) is 11.4. The largest absolute Gasteiger partial charge is 0.481 e. The number of carbonyl (C=O) groups is 1. The fraction of sp³-hybridized carbons (Fsp3) is 0.516. The van der Waals surface area contributed by atoms with Crippen molar-refractivity contribution in [1.82, 2.24) is 9.62 Å². The molecule has 2 aromatic rings. The molecule has 1 unspecified atom stereocenters. The summed E-state index contributed by atoms with van der Waals surface area (Å²) in [4.78, 5) is 11.2. The molecule has 3 rings (SSSR count). The first-order valence-corrected chi connectivity index (χ1v) is 16.6. The van der Waals surface area contributed by atoms with Crippen LogP contribution in [0.4, 0.5) is 4.39 Å². The lowest BCUT2D eigenvalue weighted by atomic mass is 9.94. The minimum Gasteiger partial charge on any atom is -0.481 e. The van der Waals surface area contributed by atoms with Gasteiger partial charge in [0.2, 0.25) is 10.0 Å². The number of aliphatic hydroxyl groups is 1. The highest BCUT2D eigenvalue weighted by Gasteiger charge is 2.27. The maximum absolute atomic E-state index is 14.9. The molecule has 0 aromatic heterocycles. The number of likely N-dealkylation sites (N-methyl/N-ethyl adjacent to an activating group) is 1. The van der Waals surface area contributed by atoms with Crippen molar-refractivity contribution >= 4 is 27.8 Å². The van der Waals surface area contributed by atoms with Gasteiger partial charge >= 0.3 is 5.97 Å². The zero-order valence-corrected chi connectivity index (χ0v) is 26.0. The molecule has 41 heavy (non-hydrogen) atoms. The van der Waals surface area contributed by atoms with Crippen LogP contribution in [0.15, 0.2) is 52.8 Å². The molecule has 7 nitrogen and oxygen atoms in total. The van der Waals surface area contributed by atoms with E-state index in [-0.39, 0.29) is 41.9 Å². The Morgan fingerprint density at radius 3 is 2.66 bits per heavy atom. The first-order valence-electron chi connectivity index (χ1n) is 14.1. The van der Waals surface area contributed by atoms with Gasteiger partial charge in [-0.25, -0.2) is 12.8 Å². The van der Waals surface area contributed by atoms with Gasteiger partial charge in [0.15, 0.2) is 0 Å². The second-order valence-corrected chi connectivity index (χ2v) is 14.3. The van der Waals surface area contributed by atoms with Crippen molar-refractivity contribution in [2.24, 2.45) is 5.92 Å². The van der Waals surface area contributed by atoms with Crippen molar-refractivity contribution in [2.75, 3.05) is 25.9 Å². The van der Waals surface area contributed by atoms with Gasteiger partial charge in [-0.1, -0.05) is 37.6 Å². The molecule has 2 atom stereocenters. The van der Waals surface area contributed by atoms with E-state index < -0.39 is 27.9 Å². The molecule has 0 radical (unpaired) electrons. The lowest BCUT2D eigenvalue weighted by molar-refractivity contribution is -0.136. The summed E-state index contributed by atoms with van der Waals surface area (Å²) in [6.45, 7) is 6.20. The highest BCUT2D eigenvalue weighted by Crippen LogP contribution is 2.32. The molecule has 1 aliphatic rings. The molecule has 0 aliphatic carbocycles. The number of nitrogens with one attached hydrogen (secondary N) is 1. The molecular weight excluding hydrogens is 563 g/mol. The normalized spacial score (nSPS) is 16.4. The lowest BCUT2D eigenvalue weighted by Gasteiger charge is -2.29. The molecule has 1 aliphatic heterocycles. The molecule has 0 saturated carbocycles. The van der Waals surface area contributed by atoms with Crippen molar-refractivity contribution < 1.29 is 27.8 Å². The molecule has 0 amide bonds. The highest BCUT2D eigenvalue weighted by molar-refractivity contribution is 8.02. The maximum Gasteiger partial charge on any atom is 0.303 e. The van der Waals surface area contributed by atoms with Crippen LogP contribution in [0.1, 0.15) is 57.6 Å². The number of hydrogen-bond donors (Lipinski definition) is 3. The van der Waals surface area contributed by atoms with Crippen LogP contribution in [0, 0.1) is 11.7 Å². The van der Waals surface area contributed by atoms with Crippen LogP contribution in [0.2, 0.25) is 0 Å². The third-order valence-electron chi connectivity index (χ3n) is 7.54. The Balaban J connectivity index is 1.67. The summed E-state index contributed by atoms with van der Waals surface area (Å²) in [7, 11) is -2.48. The van der Waals surface area contributed by atoms with Gasteiger partial charge in [0.25, 0.3) is 0 Å². The van der Waals surface area contributed by atoms with Gasteiger partial charge in [0.05, 0.1) is 11.0 Å². The number of sulfonamides is 1. The molecule has 10 heteroatoms. The number of β-amino-alcohol motifs (C(OH)–C–C–N with tert-alkyl or cyclic N) is 1. The number of rotatable bonds is 16. The standard InChI is InChI=1S/C31H43FN2O5S2/c1-5-23-18-25(30-24(12-14-29(36)37)9-6-10-27(30)32)11-13-28(23)41(38,39)34(4)20-26(35)19-33-31(2,3)16-7-8-22-15-17-40-21-22/h6,9-11,13,15,17-18,22,26,33,35H,5,7-8,12,14,16,19-21H2,1-4H3,(H,36,37)/t22?,26-/m1/s1. The number of halogens is 1. The van der Waals surface area contributed by atoms with E-state index >= 15 is 0 Å². The van der Waals surface area contributed by atoms with E-state index in [9.17, 15) is 22.7 Å². The van der Waals surface area contributed by atoms with Crippen LogP contribution in [0.25, 0.3) is 11.1 Å². The van der Waals surface area contributed by atoms with Gasteiger partial charge < -0.3 is 15.5 Å². The van der Waals surface area contributed by atoms with Gasteiger partial charge in [-0.05, 0) is 85.7 Å². The lowest BCUT2D eigenvalue weighted by Crippen LogP contribution is -2.46. The number of aliphatic hydroxyl groups excluding tert-OH is 1. The Bertz CT molecular complexity index is 1330. The smallest absolute Gasteiger partial charge is 0.303 e. The Morgan fingerprint density at radius 2 is 2.00 bits per heavy atom. The zero-order valence-electron chi connectivity index (χ0n) is 24.4. The Labute approximate surface area is 248 Å². The van der Waals surface area contributed by atoms with E-state index in [1.807, 2.05) is 18.7 Å². The van der Waals surface area contributed by atoms with Gasteiger partial charge in [-0.3, -0.25) is 4.79 Å². The van der Waals surface area contributed by atoms with Crippen LogP contribution < -0.4 is 5.32 Å². The predicted octanol–water partition coefficient (Wildman–Crippen LogP) is 5.47. The molecule has 1 heterocycles. The fourth-order valence-electron chi connectivity index (χ4n) is 5.10. The molecule has 226 valence electrons. The molecule has 0 saturated heterocycles. The molecule has 0 fully saturated rings. The summed E-state index contributed by atoms with van der Waals surface area (Å²) in [6, 6.07) is 9.23. The van der Waals surface area contributed by atoms with E-state index in [0.29, 0.717) is 29.0 Å². The summed E-state index contributed by atoms with van der Waals surface area (Å²) < 4.78 is 43.1. The number of allylic oxidation sites excluding steroid dienone is 1. The van der Waals surface area contributed by atoms with Crippen molar-refractivity contribution in [1.29, 1.82) is 0 Å². The van der Waals surface area contributed by atoms with E-state index in [1.54, 1.807) is 24.3 Å². The fourth-order valence-corrected chi connectivity index (χ4v) is 7.55. The van der Waals surface area contributed by atoms with E-state index in [2.05, 4.69) is 30.6 Å². The van der Waals surface area contributed by atoms with Gasteiger partial charge in [0, 0.05) is 43.4 Å². The average molecular weight is 607 g/mol. The summed E-state index contributed by atoms with van der Waals surface area (Å²) in [5.41, 5.74) is 1.66. The SMILES string of the molecule is CCc1cc(-c2c(F)cccc2CCC(=O)O)ccc1S(=O)(=O)N(C)C[C@H](O)CNC(C)(C)CCCC1C=CSC1. The van der Waals surface area contributed by atoms with Crippen molar-refractivity contribution in [2.45, 2.75) is 75.8 Å². The van der Waals surface area contributed by atoms with Gasteiger partial charge in [-0.15, -0.1) is 11.8 Å². The molecule has 0 bridgehead atoms. The first kappa shape index (κ1) is 33.3. The van der Waals surface area contributed by atoms with Crippen LogP contribution in [0.3, 0.4) is 0 Å². The van der Waals surface area contributed by atoms with Gasteiger partial charge in [0.1, 0.15) is 5.82 Å². The Kier molecular flexibility index (Phi) is 12.0. The van der Waals surface area contributed by atoms with Crippen LogP contribution in [0.5, 0.6) is 0 Å². The Morgan fingerprint density at radius 1 is 1.24 bits per heavy atom. The number of nitrogens with zero attached hydrogens (tertiary/aromatic N) is 1. The minimum atomic E-state index is -3.93. The number of thioether (sulfide) groups is 1. The number of carboxylic acids is 1. The number of aryl methyl sites for hydroxylation is 2. The van der Waals surface area contributed by atoms with E-state index in [1.165, 1.54) is 19.2 Å². The zero-order chi connectivity index (χ0) is 30.2. The summed E-state index contributed by atoms with van der Waals surface area (Å²) >= 11 is 1.85. The van der Waals surface area contributed by atoms with Crippen LogP contribution in [-0.4, -0.2) is 66.4 Å². The summed E-state index contributed by atoms with van der Waals surface area (Å²) in [5.74, 6) is 0.312. The molecule has 0 spiro atoms. The second kappa shape index (κ2) is 14.8. The third kappa shape index (κ3) is 9.38. The number of benzene rings is 2. The first-order chi connectivity index (χ1) is 19.3. The van der Waals surface area contributed by atoms with E-state index in [0.717, 1.165) is 29.3 Å². The van der Waals surface area contributed by atoms with Crippen molar-refractivity contribution in [3.8, 4) is 11.1 Å². The summed E-state index contributed by atoms with van der Waals surface area (Å²) in [6.07, 6.45) is 4.94. The third-order valence-corrected chi connectivity index (χ3v) is 10.4. The average Bonchev–Trinajstić information content (AvgIpc) is 3.44. The molecular formula is C31H43FN2O5S2. The highest BCUT2D eigenvalue weighted by atomic mass is 32.2. The number of carboxylic acid groups (broad SMARTS) is 1. The van der Waals surface area contributed by atoms with Crippen LogP contribution in [-0.2, 0) is 27.7 Å². The van der Waals surface area contributed by atoms with Crippen molar-refractivity contribution in [3.05, 3.63) is 64.8 Å². The predicted molar refractivity (Wildman–Crippen MR) is 164 cm³/mol. The Hall–Kier alpha value is -2.24. The van der Waals surface area contributed by atoms with Gasteiger partial charge in [-0.2, -0.15) is 4.31 Å². The number of aliphatic carboxylic acids is 1. The molecule has 2 aromatic carbocycles. The van der Waals surface area contributed by atoms with Crippen molar-refractivity contribution in [3.63, 3.8) is 0 Å². The van der Waals surface area contributed by atoms with E-state index in [4.69, 9.17) is 5.11 Å². The maximum atomic E-state index is 14.9. The monoisotopic (exact) mass is 606 g/mol. The van der Waals surface area contributed by atoms with Crippen LogP contribution >= 0.6 is 11.8 Å². The number of hydrogen-bond acceptors (Lipinski definition) is 6. The minimum absolute atomic E-state index is 0.0763. The summed E-state index contributed by atoms with van der Waals surface area (Å²) in [5, 5.41) is 25.3. The quantitative estimate of drug-likeness (QED) is 0.233.